The number of amides is 3. The van der Waals surface area contributed by atoms with E-state index in [4.69, 9.17) is 4.74 Å². The quantitative estimate of drug-likeness (QED) is 0.461. The van der Waals surface area contributed by atoms with Crippen molar-refractivity contribution in [1.29, 1.82) is 0 Å². The zero-order valence-corrected chi connectivity index (χ0v) is 15.6. The summed E-state index contributed by atoms with van der Waals surface area (Å²) < 4.78 is 42.8. The van der Waals surface area contributed by atoms with Crippen LogP contribution in [0.25, 0.3) is 0 Å². The van der Waals surface area contributed by atoms with E-state index in [0.29, 0.717) is 18.7 Å². The van der Waals surface area contributed by atoms with E-state index in [-0.39, 0.29) is 11.7 Å². The number of hydrogen-bond acceptors (Lipinski definition) is 4. The number of halogens is 3. The van der Waals surface area contributed by atoms with Crippen LogP contribution in [0.4, 0.5) is 13.2 Å². The Morgan fingerprint density at radius 3 is 2.52 bits per heavy atom. The van der Waals surface area contributed by atoms with Crippen molar-refractivity contribution in [3.8, 4) is 0 Å². The van der Waals surface area contributed by atoms with E-state index < -0.39 is 30.8 Å². The van der Waals surface area contributed by atoms with Crippen LogP contribution in [-0.4, -0.2) is 55.2 Å². The SMILES string of the molecule is CCC(C)CC1CC[C@H](N(C=O)/C=C(/CNC(=O)C(F)(F)F)C(=O)NC)O1. The maximum absolute atomic E-state index is 12.3. The lowest BCUT2D eigenvalue weighted by molar-refractivity contribution is -0.173. The van der Waals surface area contributed by atoms with Gasteiger partial charge in [-0.25, -0.2) is 0 Å². The molecule has 0 aromatic heterocycles. The van der Waals surface area contributed by atoms with Crippen molar-refractivity contribution < 1.29 is 32.3 Å². The van der Waals surface area contributed by atoms with Gasteiger partial charge in [0.15, 0.2) is 0 Å². The first kappa shape index (κ1) is 22.9. The molecule has 1 heterocycles. The number of alkyl halides is 3. The second kappa shape index (κ2) is 10.3. The third-order valence-electron chi connectivity index (χ3n) is 4.42. The minimum Gasteiger partial charge on any atom is -0.355 e. The predicted octanol–water partition coefficient (Wildman–Crippen LogP) is 1.69. The molecule has 0 spiro atoms. The normalized spacial score (nSPS) is 21.5. The smallest absolute Gasteiger partial charge is 0.355 e. The lowest BCUT2D eigenvalue weighted by Crippen LogP contribution is -2.40. The van der Waals surface area contributed by atoms with Gasteiger partial charge in [-0.15, -0.1) is 0 Å². The molecular weight excluding hydrogens is 367 g/mol. The molecule has 0 saturated carbocycles. The summed E-state index contributed by atoms with van der Waals surface area (Å²) in [5, 5.41) is 3.89. The van der Waals surface area contributed by atoms with Crippen molar-refractivity contribution in [2.75, 3.05) is 13.6 Å². The highest BCUT2D eigenvalue weighted by Gasteiger charge is 2.38. The largest absolute Gasteiger partial charge is 0.471 e. The van der Waals surface area contributed by atoms with Crippen LogP contribution >= 0.6 is 0 Å². The number of nitrogens with one attached hydrogen (secondary N) is 2. The van der Waals surface area contributed by atoms with E-state index in [1.807, 2.05) is 0 Å². The average Bonchev–Trinajstić information content (AvgIpc) is 3.08. The van der Waals surface area contributed by atoms with Crippen molar-refractivity contribution in [2.24, 2.45) is 5.92 Å². The summed E-state index contributed by atoms with van der Waals surface area (Å²) in [6.45, 7) is 3.49. The average molecular weight is 393 g/mol. The van der Waals surface area contributed by atoms with Gasteiger partial charge >= 0.3 is 12.1 Å². The molecule has 10 heteroatoms. The van der Waals surface area contributed by atoms with Gasteiger partial charge in [0.2, 0.25) is 12.3 Å². The first-order chi connectivity index (χ1) is 12.6. The van der Waals surface area contributed by atoms with Crippen molar-refractivity contribution >= 4 is 18.2 Å². The van der Waals surface area contributed by atoms with Gasteiger partial charge in [0.1, 0.15) is 6.23 Å². The Morgan fingerprint density at radius 2 is 2.00 bits per heavy atom. The summed E-state index contributed by atoms with van der Waals surface area (Å²) >= 11 is 0. The molecule has 0 bridgehead atoms. The third kappa shape index (κ3) is 7.20. The molecule has 154 valence electrons. The van der Waals surface area contributed by atoms with Crippen LogP contribution in [0.1, 0.15) is 39.5 Å². The molecular formula is C17H26F3N3O4. The molecule has 1 aliphatic rings. The second-order valence-corrected chi connectivity index (χ2v) is 6.51. The fourth-order valence-electron chi connectivity index (χ4n) is 2.68. The lowest BCUT2D eigenvalue weighted by atomic mass is 9.99. The molecule has 3 atom stereocenters. The van der Waals surface area contributed by atoms with Gasteiger partial charge in [-0.3, -0.25) is 19.3 Å². The van der Waals surface area contributed by atoms with Gasteiger partial charge in [-0.2, -0.15) is 13.2 Å². The van der Waals surface area contributed by atoms with Crippen LogP contribution in [0.5, 0.6) is 0 Å². The highest BCUT2D eigenvalue weighted by atomic mass is 19.4. The predicted molar refractivity (Wildman–Crippen MR) is 91.1 cm³/mol. The number of rotatable bonds is 9. The van der Waals surface area contributed by atoms with Crippen LogP contribution in [0.15, 0.2) is 11.8 Å². The summed E-state index contributed by atoms with van der Waals surface area (Å²) in [6.07, 6.45) is -0.989. The summed E-state index contributed by atoms with van der Waals surface area (Å²) in [6, 6.07) is 0. The fraction of sp³-hybridized carbons (Fsp3) is 0.706. The molecule has 1 aliphatic heterocycles. The Labute approximate surface area is 156 Å². The molecule has 1 fully saturated rings. The van der Waals surface area contributed by atoms with E-state index in [1.54, 1.807) is 5.32 Å². The molecule has 0 aliphatic carbocycles. The van der Waals surface area contributed by atoms with Crippen molar-refractivity contribution in [1.82, 2.24) is 15.5 Å². The zero-order chi connectivity index (χ0) is 20.6. The van der Waals surface area contributed by atoms with Crippen LogP contribution < -0.4 is 10.6 Å². The molecule has 0 aromatic carbocycles. The van der Waals surface area contributed by atoms with E-state index in [0.717, 1.165) is 30.4 Å². The maximum Gasteiger partial charge on any atom is 0.471 e. The van der Waals surface area contributed by atoms with E-state index in [1.165, 1.54) is 7.05 Å². The Balaban J connectivity index is 2.82. The van der Waals surface area contributed by atoms with E-state index >= 15 is 0 Å². The van der Waals surface area contributed by atoms with Crippen molar-refractivity contribution in [3.63, 3.8) is 0 Å². The standard InChI is InChI=1S/C17H26F3N3O4/c1-4-11(2)7-13-5-6-14(27-13)23(10-24)9-12(15(25)21-3)8-22-16(26)17(18,19)20/h9-11,13-14H,4-8H2,1-3H3,(H,21,25)(H,22,26)/b12-9-/t11?,13?,14-/m1/s1. The van der Waals surface area contributed by atoms with E-state index in [9.17, 15) is 27.6 Å². The monoisotopic (exact) mass is 393 g/mol. The van der Waals surface area contributed by atoms with Crippen LogP contribution in [0.2, 0.25) is 0 Å². The molecule has 0 radical (unpaired) electrons. The van der Waals surface area contributed by atoms with Gasteiger partial charge in [-0.05, 0) is 25.2 Å². The van der Waals surface area contributed by atoms with Crippen molar-refractivity contribution in [2.45, 2.75) is 58.0 Å². The Morgan fingerprint density at radius 1 is 1.33 bits per heavy atom. The summed E-state index contributed by atoms with van der Waals surface area (Å²) in [4.78, 5) is 35.4. The second-order valence-electron chi connectivity index (χ2n) is 6.51. The molecule has 1 saturated heterocycles. The van der Waals surface area contributed by atoms with Crippen LogP contribution in [0, 0.1) is 5.92 Å². The van der Waals surface area contributed by atoms with Crippen LogP contribution in [-0.2, 0) is 19.1 Å². The Bertz CT molecular complexity index is 566. The Kier molecular flexibility index (Phi) is 8.74. The molecule has 2 unspecified atom stereocenters. The number of carbonyl (C=O) groups excluding carboxylic acids is 3. The summed E-state index contributed by atoms with van der Waals surface area (Å²) in [5.74, 6) is -2.41. The molecule has 0 aromatic rings. The number of likely N-dealkylation sites (N-methyl/N-ethyl adjacent to an activating group) is 1. The van der Waals surface area contributed by atoms with Gasteiger partial charge in [0.25, 0.3) is 0 Å². The molecule has 2 N–H and O–H groups in total. The lowest BCUT2D eigenvalue weighted by Gasteiger charge is -2.23. The minimum atomic E-state index is -5.06. The molecule has 1 rings (SSSR count). The van der Waals surface area contributed by atoms with Gasteiger partial charge in [-0.1, -0.05) is 20.3 Å². The van der Waals surface area contributed by atoms with Gasteiger partial charge < -0.3 is 15.4 Å². The van der Waals surface area contributed by atoms with Crippen LogP contribution in [0.3, 0.4) is 0 Å². The topological polar surface area (TPSA) is 87.7 Å². The molecule has 7 nitrogen and oxygen atoms in total. The first-order valence-corrected chi connectivity index (χ1v) is 8.78. The van der Waals surface area contributed by atoms with Gasteiger partial charge in [0.05, 0.1) is 11.7 Å². The van der Waals surface area contributed by atoms with Gasteiger partial charge in [0, 0.05) is 19.8 Å². The summed E-state index contributed by atoms with van der Waals surface area (Å²) in [5.41, 5.74) is -0.198. The molecule has 27 heavy (non-hydrogen) atoms. The maximum atomic E-state index is 12.3. The number of hydrogen-bond donors (Lipinski definition) is 2. The van der Waals surface area contributed by atoms with Crippen molar-refractivity contribution in [3.05, 3.63) is 11.8 Å². The highest BCUT2D eigenvalue weighted by Crippen LogP contribution is 2.27. The van der Waals surface area contributed by atoms with E-state index in [2.05, 4.69) is 19.2 Å². The zero-order valence-electron chi connectivity index (χ0n) is 15.6. The number of carbonyl (C=O) groups is 3. The summed E-state index contributed by atoms with van der Waals surface area (Å²) in [7, 11) is 1.29. The number of nitrogens with zero attached hydrogens (tertiary/aromatic N) is 1. The fourth-order valence-corrected chi connectivity index (χ4v) is 2.68. The third-order valence-corrected chi connectivity index (χ3v) is 4.42. The first-order valence-electron chi connectivity index (χ1n) is 8.78. The molecule has 3 amide bonds. The minimum absolute atomic E-state index is 0.0193. The Hall–Kier alpha value is -2.10. The highest BCUT2D eigenvalue weighted by molar-refractivity contribution is 5.94. The number of ether oxygens (including phenoxy) is 1.